The molecule has 0 radical (unpaired) electrons. The maximum Gasteiger partial charge on any atom is 0.407 e. The summed E-state index contributed by atoms with van der Waals surface area (Å²) in [6.45, 7) is 3.23. The maximum absolute atomic E-state index is 11.2. The van der Waals surface area contributed by atoms with Gasteiger partial charge in [0.25, 0.3) is 0 Å². The number of aromatic nitrogens is 4. The lowest BCUT2D eigenvalue weighted by molar-refractivity contribution is 0.0600. The Bertz CT molecular complexity index is 900. The molecule has 2 aromatic rings. The predicted molar refractivity (Wildman–Crippen MR) is 116 cm³/mol. The number of hydrogen-bond donors (Lipinski definition) is 3. The second-order valence-electron chi connectivity index (χ2n) is 8.54. The van der Waals surface area contributed by atoms with Gasteiger partial charge in [-0.1, -0.05) is 11.6 Å². The normalized spacial score (nSPS) is 19.1. The van der Waals surface area contributed by atoms with Crippen LogP contribution in [0.25, 0.3) is 0 Å². The molecule has 10 heteroatoms. The zero-order valence-corrected chi connectivity index (χ0v) is 18.1. The Labute approximate surface area is 180 Å². The van der Waals surface area contributed by atoms with E-state index in [2.05, 4.69) is 30.4 Å². The molecule has 0 bridgehead atoms. The number of carboxylic acid groups (broad SMARTS) is 1. The molecule has 1 amide bonds. The third kappa shape index (κ3) is 4.30. The molecular weight excluding hydrogens is 406 g/mol. The van der Waals surface area contributed by atoms with Crippen molar-refractivity contribution in [2.24, 2.45) is 5.41 Å². The third-order valence-corrected chi connectivity index (χ3v) is 6.93. The smallest absolute Gasteiger partial charge is 0.407 e. The molecule has 1 saturated heterocycles. The summed E-state index contributed by atoms with van der Waals surface area (Å²) in [5.41, 5.74) is 1.24. The summed E-state index contributed by atoms with van der Waals surface area (Å²) in [7, 11) is 2.03. The molecule has 0 aromatic carbocycles. The molecule has 2 fully saturated rings. The fourth-order valence-corrected chi connectivity index (χ4v) is 4.79. The molecule has 4 rings (SSSR count). The van der Waals surface area contributed by atoms with Crippen LogP contribution in [0.2, 0.25) is 5.02 Å². The molecular formula is C20H28ClN7O2. The Kier molecular flexibility index (Phi) is 5.73. The van der Waals surface area contributed by atoms with E-state index in [1.165, 1.54) is 0 Å². The van der Waals surface area contributed by atoms with Crippen molar-refractivity contribution in [3.63, 3.8) is 0 Å². The first-order valence-corrected chi connectivity index (χ1v) is 10.8. The summed E-state index contributed by atoms with van der Waals surface area (Å²) in [4.78, 5) is 23.9. The number of H-pyrrole nitrogens is 1. The second-order valence-corrected chi connectivity index (χ2v) is 8.95. The zero-order valence-electron chi connectivity index (χ0n) is 17.4. The number of aromatic amines is 1. The first-order valence-electron chi connectivity index (χ1n) is 10.4. The lowest BCUT2D eigenvalue weighted by Crippen LogP contribution is -2.46. The molecule has 0 atom stereocenters. The number of carbonyl (C=O) groups is 1. The molecule has 1 aliphatic carbocycles. The minimum atomic E-state index is -0.799. The summed E-state index contributed by atoms with van der Waals surface area (Å²) in [5.74, 6) is 1.83. The van der Waals surface area contributed by atoms with Gasteiger partial charge in [-0.25, -0.2) is 9.78 Å². The van der Waals surface area contributed by atoms with Crippen molar-refractivity contribution in [2.75, 3.05) is 30.4 Å². The lowest BCUT2D eigenvalue weighted by Gasteiger charge is -2.46. The Morgan fingerprint density at radius 3 is 2.63 bits per heavy atom. The van der Waals surface area contributed by atoms with E-state index in [9.17, 15) is 9.90 Å². The quantitative estimate of drug-likeness (QED) is 0.667. The van der Waals surface area contributed by atoms with E-state index in [1.54, 1.807) is 11.1 Å². The van der Waals surface area contributed by atoms with Gasteiger partial charge in [-0.2, -0.15) is 10.1 Å². The lowest BCUT2D eigenvalue weighted by atomic mass is 9.67. The van der Waals surface area contributed by atoms with Gasteiger partial charge in [0.05, 0.1) is 6.20 Å². The number of piperidine rings is 1. The van der Waals surface area contributed by atoms with E-state index in [-0.39, 0.29) is 5.41 Å². The Morgan fingerprint density at radius 1 is 1.33 bits per heavy atom. The minimum Gasteiger partial charge on any atom is -0.465 e. The average molecular weight is 434 g/mol. The van der Waals surface area contributed by atoms with Crippen LogP contribution in [-0.4, -0.2) is 62.4 Å². The van der Waals surface area contributed by atoms with Gasteiger partial charge in [0.15, 0.2) is 11.6 Å². The van der Waals surface area contributed by atoms with Crippen molar-refractivity contribution in [1.82, 2.24) is 25.1 Å². The van der Waals surface area contributed by atoms with Crippen molar-refractivity contribution in [3.8, 4) is 0 Å². The van der Waals surface area contributed by atoms with Gasteiger partial charge in [0.1, 0.15) is 5.02 Å². The number of rotatable bonds is 4. The van der Waals surface area contributed by atoms with Crippen LogP contribution in [0, 0.1) is 12.3 Å². The average Bonchev–Trinajstić information content (AvgIpc) is 3.15. The summed E-state index contributed by atoms with van der Waals surface area (Å²) >= 11 is 6.29. The molecule has 0 unspecified atom stereocenters. The molecule has 3 heterocycles. The second kappa shape index (κ2) is 8.29. The summed E-state index contributed by atoms with van der Waals surface area (Å²) < 4.78 is 0. The molecule has 2 aliphatic rings. The number of nitrogens with zero attached hydrogens (tertiary/aromatic N) is 5. The van der Waals surface area contributed by atoms with Gasteiger partial charge in [-0.15, -0.1) is 0 Å². The third-order valence-electron chi connectivity index (χ3n) is 6.66. The van der Waals surface area contributed by atoms with Gasteiger partial charge < -0.3 is 20.2 Å². The highest BCUT2D eigenvalue weighted by Gasteiger charge is 2.40. The number of amides is 1. The molecule has 1 spiro atoms. The highest BCUT2D eigenvalue weighted by molar-refractivity contribution is 6.32. The fraction of sp³-hybridized carbons (Fsp3) is 0.600. The van der Waals surface area contributed by atoms with E-state index in [0.717, 1.165) is 44.2 Å². The zero-order chi connectivity index (χ0) is 21.3. The summed E-state index contributed by atoms with van der Waals surface area (Å²) in [5, 5.41) is 19.8. The van der Waals surface area contributed by atoms with Gasteiger partial charge in [-0.3, -0.25) is 5.10 Å². The largest absolute Gasteiger partial charge is 0.465 e. The number of halogens is 1. The van der Waals surface area contributed by atoms with Gasteiger partial charge in [0, 0.05) is 37.9 Å². The van der Waals surface area contributed by atoms with E-state index < -0.39 is 6.09 Å². The summed E-state index contributed by atoms with van der Waals surface area (Å²) in [6, 6.07) is 2.24. The molecule has 9 nitrogen and oxygen atoms in total. The highest BCUT2D eigenvalue weighted by atomic mass is 35.5. The van der Waals surface area contributed by atoms with Crippen molar-refractivity contribution < 1.29 is 9.90 Å². The van der Waals surface area contributed by atoms with E-state index in [1.807, 2.05) is 20.0 Å². The van der Waals surface area contributed by atoms with Crippen LogP contribution >= 0.6 is 11.6 Å². The van der Waals surface area contributed by atoms with Crippen molar-refractivity contribution in [2.45, 2.75) is 51.5 Å². The van der Waals surface area contributed by atoms with E-state index >= 15 is 0 Å². The van der Waals surface area contributed by atoms with Crippen LogP contribution in [0.3, 0.4) is 0 Å². The van der Waals surface area contributed by atoms with Crippen molar-refractivity contribution >= 4 is 35.3 Å². The molecule has 1 aliphatic heterocycles. The van der Waals surface area contributed by atoms with E-state index in [4.69, 9.17) is 11.6 Å². The van der Waals surface area contributed by atoms with Crippen molar-refractivity contribution in [1.29, 1.82) is 0 Å². The van der Waals surface area contributed by atoms with Crippen LogP contribution in [-0.2, 0) is 0 Å². The van der Waals surface area contributed by atoms with Crippen LogP contribution in [0.4, 0.5) is 22.4 Å². The SMILES string of the molecule is Cc1cc(Nc2nc(N(C)C3CCC4(CC3)CCN(C(=O)O)CC4)ncc2Cl)n[nH]1. The molecule has 3 N–H and O–H groups in total. The fourth-order valence-electron chi connectivity index (χ4n) is 4.66. The number of nitrogens with one attached hydrogen (secondary N) is 2. The Balaban J connectivity index is 1.39. The number of anilines is 3. The number of hydrogen-bond acceptors (Lipinski definition) is 6. The minimum absolute atomic E-state index is 0.286. The Morgan fingerprint density at radius 2 is 2.03 bits per heavy atom. The maximum atomic E-state index is 11.2. The topological polar surface area (TPSA) is 110 Å². The van der Waals surface area contributed by atoms with Crippen LogP contribution < -0.4 is 10.2 Å². The molecule has 2 aromatic heterocycles. The standard InChI is InChI=1S/C20H28ClN7O2/c1-13-11-16(26-25-13)23-17-15(21)12-22-18(24-17)27(2)14-3-5-20(6-4-14)7-9-28(10-8-20)19(29)30/h11-12,14H,3-10H2,1-2H3,(H,29,30)(H2,22,23,24,25,26). The van der Waals surface area contributed by atoms with Crippen LogP contribution in [0.15, 0.2) is 12.3 Å². The molecule has 162 valence electrons. The first-order chi connectivity index (χ1) is 14.3. The van der Waals surface area contributed by atoms with Crippen molar-refractivity contribution in [3.05, 3.63) is 23.0 Å². The molecule has 1 saturated carbocycles. The predicted octanol–water partition coefficient (Wildman–Crippen LogP) is 4.04. The van der Waals surface area contributed by atoms with Crippen LogP contribution in [0.1, 0.15) is 44.2 Å². The van der Waals surface area contributed by atoms with Gasteiger partial charge in [0.2, 0.25) is 5.95 Å². The monoisotopic (exact) mass is 433 g/mol. The van der Waals surface area contributed by atoms with Gasteiger partial charge in [-0.05, 0) is 50.9 Å². The molecule has 30 heavy (non-hydrogen) atoms. The van der Waals surface area contributed by atoms with E-state index in [0.29, 0.717) is 41.7 Å². The number of aryl methyl sites for hydroxylation is 1. The van der Waals surface area contributed by atoms with Gasteiger partial charge >= 0.3 is 6.09 Å². The van der Waals surface area contributed by atoms with Crippen LogP contribution in [0.5, 0.6) is 0 Å². The summed E-state index contributed by atoms with van der Waals surface area (Å²) in [6.07, 6.45) is 7.07. The highest BCUT2D eigenvalue weighted by Crippen LogP contribution is 2.45. The number of likely N-dealkylation sites (tertiary alicyclic amines) is 1. The first kappa shape index (κ1) is 20.7. The Hall–Kier alpha value is -2.55.